The maximum Gasteiger partial charge on any atom is 0.253 e. The Balaban J connectivity index is 1.73. The third-order valence-corrected chi connectivity index (χ3v) is 4.18. The number of carbonyl (C=O) groups is 1. The van der Waals surface area contributed by atoms with Gasteiger partial charge in [0.25, 0.3) is 5.91 Å². The van der Waals surface area contributed by atoms with Crippen LogP contribution in [-0.4, -0.2) is 16.9 Å². The molecule has 1 aliphatic carbocycles. The van der Waals surface area contributed by atoms with Crippen LogP contribution in [0.5, 0.6) is 0 Å². The summed E-state index contributed by atoms with van der Waals surface area (Å²) in [5.74, 6) is 0.859. The van der Waals surface area contributed by atoms with Crippen LogP contribution in [0.4, 0.5) is 0 Å². The van der Waals surface area contributed by atoms with Crippen molar-refractivity contribution in [3.8, 4) is 0 Å². The molecule has 100 valence electrons. The van der Waals surface area contributed by atoms with Gasteiger partial charge >= 0.3 is 0 Å². The van der Waals surface area contributed by atoms with Crippen LogP contribution in [-0.2, 0) is 0 Å². The molecule has 2 aromatic rings. The molecule has 3 heteroatoms. The van der Waals surface area contributed by atoms with E-state index in [2.05, 4.69) is 17.2 Å². The average Bonchev–Trinajstić information content (AvgIpc) is 2.85. The highest BCUT2D eigenvalue weighted by Crippen LogP contribution is 2.24. The number of para-hydroxylation sites is 1. The van der Waals surface area contributed by atoms with Gasteiger partial charge < -0.3 is 10.3 Å². The van der Waals surface area contributed by atoms with Crippen molar-refractivity contribution in [1.82, 2.24) is 10.3 Å². The highest BCUT2D eigenvalue weighted by atomic mass is 16.1. The van der Waals surface area contributed by atoms with E-state index in [-0.39, 0.29) is 5.91 Å². The number of nitrogens with one attached hydrogen (secondary N) is 2. The van der Waals surface area contributed by atoms with Gasteiger partial charge in [0.05, 0.1) is 5.56 Å². The second kappa shape index (κ2) is 5.08. The standard InChI is InChI=1S/C16H20N2O/c1-11-6-8-12(9-7-11)18-16(19)14-10-17-15-5-3-2-4-13(14)15/h2-5,10-12,17H,6-9H2,1H3,(H,18,19). The molecule has 2 N–H and O–H groups in total. The summed E-state index contributed by atoms with van der Waals surface area (Å²) in [4.78, 5) is 15.5. The summed E-state index contributed by atoms with van der Waals surface area (Å²) < 4.78 is 0. The van der Waals surface area contributed by atoms with Crippen LogP contribution < -0.4 is 5.32 Å². The predicted molar refractivity (Wildman–Crippen MR) is 77.2 cm³/mol. The first-order valence-corrected chi connectivity index (χ1v) is 7.11. The van der Waals surface area contributed by atoms with Crippen molar-refractivity contribution in [2.45, 2.75) is 38.6 Å². The van der Waals surface area contributed by atoms with Crippen LogP contribution in [0.15, 0.2) is 30.5 Å². The van der Waals surface area contributed by atoms with Gasteiger partial charge in [-0.3, -0.25) is 4.79 Å². The molecule has 0 saturated heterocycles. The minimum absolute atomic E-state index is 0.0528. The third-order valence-electron chi connectivity index (χ3n) is 4.18. The first-order chi connectivity index (χ1) is 9.24. The van der Waals surface area contributed by atoms with Crippen molar-refractivity contribution in [3.05, 3.63) is 36.0 Å². The lowest BCUT2D eigenvalue weighted by molar-refractivity contribution is 0.0924. The first-order valence-electron chi connectivity index (χ1n) is 7.11. The van der Waals surface area contributed by atoms with E-state index in [1.807, 2.05) is 30.5 Å². The topological polar surface area (TPSA) is 44.9 Å². The van der Waals surface area contributed by atoms with Crippen molar-refractivity contribution >= 4 is 16.8 Å². The Kier molecular flexibility index (Phi) is 3.28. The molecule has 1 aromatic carbocycles. The van der Waals surface area contributed by atoms with E-state index in [1.165, 1.54) is 12.8 Å². The molecule has 1 aromatic heterocycles. The summed E-state index contributed by atoms with van der Waals surface area (Å²) in [5, 5.41) is 4.18. The molecule has 0 atom stereocenters. The summed E-state index contributed by atoms with van der Waals surface area (Å²) in [6, 6.07) is 8.27. The zero-order chi connectivity index (χ0) is 13.2. The van der Waals surface area contributed by atoms with Crippen LogP contribution >= 0.6 is 0 Å². The molecule has 1 fully saturated rings. The maximum atomic E-state index is 12.3. The molecule has 1 saturated carbocycles. The normalized spacial score (nSPS) is 23.4. The fraction of sp³-hybridized carbons (Fsp3) is 0.438. The largest absolute Gasteiger partial charge is 0.360 e. The van der Waals surface area contributed by atoms with Crippen molar-refractivity contribution < 1.29 is 4.79 Å². The third kappa shape index (κ3) is 2.50. The molecule has 1 amide bonds. The van der Waals surface area contributed by atoms with Crippen molar-refractivity contribution in [2.75, 3.05) is 0 Å². The molecular weight excluding hydrogens is 236 g/mol. The van der Waals surface area contributed by atoms with Crippen molar-refractivity contribution in [2.24, 2.45) is 5.92 Å². The number of aromatic amines is 1. The Morgan fingerprint density at radius 2 is 1.95 bits per heavy atom. The molecule has 3 rings (SSSR count). The monoisotopic (exact) mass is 256 g/mol. The average molecular weight is 256 g/mol. The summed E-state index contributed by atoms with van der Waals surface area (Å²) >= 11 is 0. The quantitative estimate of drug-likeness (QED) is 0.849. The Morgan fingerprint density at radius 1 is 1.21 bits per heavy atom. The number of aromatic nitrogens is 1. The highest BCUT2D eigenvalue weighted by Gasteiger charge is 2.21. The summed E-state index contributed by atoms with van der Waals surface area (Å²) in [7, 11) is 0. The SMILES string of the molecule is CC1CCC(NC(=O)c2c[nH]c3ccccc23)CC1. The second-order valence-electron chi connectivity index (χ2n) is 5.68. The smallest absolute Gasteiger partial charge is 0.253 e. The summed E-state index contributed by atoms with van der Waals surface area (Å²) in [6.45, 7) is 2.29. The fourth-order valence-corrected chi connectivity index (χ4v) is 2.93. The number of amides is 1. The van der Waals surface area contributed by atoms with Crippen LogP contribution in [0.25, 0.3) is 10.9 Å². The Morgan fingerprint density at radius 3 is 2.74 bits per heavy atom. The summed E-state index contributed by atoms with van der Waals surface area (Å²) in [6.07, 6.45) is 6.47. The molecule has 0 unspecified atom stereocenters. The van der Waals surface area contributed by atoms with Gasteiger partial charge in [0, 0.05) is 23.1 Å². The maximum absolute atomic E-state index is 12.3. The lowest BCUT2D eigenvalue weighted by Crippen LogP contribution is -2.37. The number of rotatable bonds is 2. The Hall–Kier alpha value is -1.77. The van der Waals surface area contributed by atoms with Gasteiger partial charge in [0.1, 0.15) is 0 Å². The van der Waals surface area contributed by atoms with Crippen LogP contribution in [0, 0.1) is 5.92 Å². The molecule has 0 aliphatic heterocycles. The minimum Gasteiger partial charge on any atom is -0.360 e. The predicted octanol–water partition coefficient (Wildman–Crippen LogP) is 3.48. The minimum atomic E-state index is 0.0528. The van der Waals surface area contributed by atoms with E-state index in [1.54, 1.807) is 0 Å². The lowest BCUT2D eigenvalue weighted by Gasteiger charge is -2.26. The molecule has 0 bridgehead atoms. The number of carbonyl (C=O) groups excluding carboxylic acids is 1. The van der Waals surface area contributed by atoms with Gasteiger partial charge in [-0.1, -0.05) is 25.1 Å². The number of fused-ring (bicyclic) bond motifs is 1. The highest BCUT2D eigenvalue weighted by molar-refractivity contribution is 6.06. The van der Waals surface area contributed by atoms with Gasteiger partial charge in [-0.15, -0.1) is 0 Å². The molecule has 1 aliphatic rings. The molecule has 3 nitrogen and oxygen atoms in total. The zero-order valence-electron chi connectivity index (χ0n) is 11.3. The van der Waals surface area contributed by atoms with E-state index in [0.717, 1.165) is 35.2 Å². The molecule has 1 heterocycles. The van der Waals surface area contributed by atoms with E-state index in [9.17, 15) is 4.79 Å². The van der Waals surface area contributed by atoms with Crippen LogP contribution in [0.2, 0.25) is 0 Å². The zero-order valence-corrected chi connectivity index (χ0v) is 11.3. The number of hydrogen-bond donors (Lipinski definition) is 2. The van der Waals surface area contributed by atoms with Gasteiger partial charge in [-0.05, 0) is 37.7 Å². The van der Waals surface area contributed by atoms with Gasteiger partial charge in [-0.25, -0.2) is 0 Å². The van der Waals surface area contributed by atoms with Gasteiger partial charge in [0.2, 0.25) is 0 Å². The van der Waals surface area contributed by atoms with E-state index in [0.29, 0.717) is 6.04 Å². The Labute approximate surface area is 113 Å². The molecule has 0 radical (unpaired) electrons. The van der Waals surface area contributed by atoms with E-state index >= 15 is 0 Å². The molecule has 0 spiro atoms. The summed E-state index contributed by atoms with van der Waals surface area (Å²) in [5.41, 5.74) is 1.78. The number of H-pyrrole nitrogens is 1. The molecular formula is C16H20N2O. The number of benzene rings is 1. The molecule has 19 heavy (non-hydrogen) atoms. The second-order valence-corrected chi connectivity index (χ2v) is 5.68. The Bertz CT molecular complexity index is 579. The lowest BCUT2D eigenvalue weighted by atomic mass is 9.87. The van der Waals surface area contributed by atoms with Crippen molar-refractivity contribution in [3.63, 3.8) is 0 Å². The van der Waals surface area contributed by atoms with Gasteiger partial charge in [-0.2, -0.15) is 0 Å². The van der Waals surface area contributed by atoms with Crippen molar-refractivity contribution in [1.29, 1.82) is 0 Å². The first kappa shape index (κ1) is 12.3. The van der Waals surface area contributed by atoms with Crippen LogP contribution in [0.3, 0.4) is 0 Å². The fourth-order valence-electron chi connectivity index (χ4n) is 2.93. The van der Waals surface area contributed by atoms with E-state index in [4.69, 9.17) is 0 Å². The van der Waals surface area contributed by atoms with Gasteiger partial charge in [0.15, 0.2) is 0 Å². The van der Waals surface area contributed by atoms with E-state index < -0.39 is 0 Å². The number of hydrogen-bond acceptors (Lipinski definition) is 1. The van der Waals surface area contributed by atoms with Crippen LogP contribution in [0.1, 0.15) is 43.0 Å².